The van der Waals surface area contributed by atoms with Gasteiger partial charge in [0, 0.05) is 19.0 Å². The van der Waals surface area contributed by atoms with Crippen LogP contribution < -0.4 is 9.50 Å². The number of alkyl carbamates (subject to hydrolysis) is 1. The molecule has 1 amide bonds. The van der Waals surface area contributed by atoms with E-state index in [-0.39, 0.29) is 16.9 Å². The Labute approximate surface area is 146 Å². The van der Waals surface area contributed by atoms with E-state index in [2.05, 4.69) is 35.0 Å². The minimum atomic E-state index is -1.000. The molecule has 0 radical (unpaired) electrons. The zero-order chi connectivity index (χ0) is 18.3. The molecule has 0 fully saturated rings. The molecule has 0 bridgehead atoms. The molecule has 0 aliphatic rings. The number of amides is 1. The number of rotatable bonds is 8. The van der Waals surface area contributed by atoms with Crippen LogP contribution in [-0.4, -0.2) is 45.6 Å². The third-order valence-corrected chi connectivity index (χ3v) is 3.27. The molecule has 0 aliphatic carbocycles. The Kier molecular flexibility index (Phi) is 7.78. The van der Waals surface area contributed by atoms with E-state index in [0.717, 1.165) is 12.1 Å². The summed E-state index contributed by atoms with van der Waals surface area (Å²) in [5.74, 6) is -0.0912. The fourth-order valence-electron chi connectivity index (χ4n) is 1.64. The van der Waals surface area contributed by atoms with E-state index in [1.54, 1.807) is 0 Å². The molecular formula is C12H14N2O8S2. The van der Waals surface area contributed by atoms with E-state index in [1.165, 1.54) is 0 Å². The molecule has 0 heterocycles. The van der Waals surface area contributed by atoms with Crippen molar-refractivity contribution in [2.24, 2.45) is 0 Å². The van der Waals surface area contributed by atoms with Crippen LogP contribution in [0.3, 0.4) is 0 Å². The monoisotopic (exact) mass is 378 g/mol. The number of carbonyl (C=O) groups excluding carboxylic acids is 2. The Morgan fingerprint density at radius 3 is 2.42 bits per heavy atom. The molecule has 0 aromatic heterocycles. The molecule has 0 saturated carbocycles. The number of thiol groups is 2. The summed E-state index contributed by atoms with van der Waals surface area (Å²) in [4.78, 5) is 33.2. The van der Waals surface area contributed by atoms with Crippen molar-refractivity contribution in [2.45, 2.75) is 12.6 Å². The average Bonchev–Trinajstić information content (AvgIpc) is 2.56. The van der Waals surface area contributed by atoms with Crippen molar-refractivity contribution in [1.82, 2.24) is 5.32 Å². The lowest BCUT2D eigenvalue weighted by Gasteiger charge is -2.14. The van der Waals surface area contributed by atoms with Crippen LogP contribution >= 0.6 is 25.5 Å². The molecule has 24 heavy (non-hydrogen) atoms. The molecule has 1 aromatic carbocycles. The van der Waals surface area contributed by atoms with E-state index in [0.29, 0.717) is 0 Å². The molecule has 10 nitrogen and oxygen atoms in total. The first-order chi connectivity index (χ1) is 11.3. The minimum absolute atomic E-state index is 0.0536. The maximum absolute atomic E-state index is 11.5. The van der Waals surface area contributed by atoms with Crippen LogP contribution in [0.4, 0.5) is 10.5 Å². The zero-order valence-electron chi connectivity index (χ0n) is 12.0. The van der Waals surface area contributed by atoms with Crippen molar-refractivity contribution < 1.29 is 33.6 Å². The summed E-state index contributed by atoms with van der Waals surface area (Å²) in [6.07, 6.45) is -1.000. The van der Waals surface area contributed by atoms with Gasteiger partial charge >= 0.3 is 6.09 Å². The van der Waals surface area contributed by atoms with E-state index < -0.39 is 47.7 Å². The third kappa shape index (κ3) is 5.26. The highest BCUT2D eigenvalue weighted by molar-refractivity contribution is 7.97. The number of aliphatic hydroxyl groups excluding tert-OH is 2. The number of ether oxygens (including phenoxy) is 1. The summed E-state index contributed by atoms with van der Waals surface area (Å²) in [6, 6.07) is 1.13. The van der Waals surface area contributed by atoms with Gasteiger partial charge in [0.2, 0.25) is 5.12 Å². The highest BCUT2D eigenvalue weighted by Crippen LogP contribution is 2.31. The van der Waals surface area contributed by atoms with Crippen LogP contribution in [0, 0.1) is 10.1 Å². The van der Waals surface area contributed by atoms with Crippen LogP contribution in [0.25, 0.3) is 0 Å². The van der Waals surface area contributed by atoms with Crippen molar-refractivity contribution >= 4 is 42.4 Å². The zero-order valence-corrected chi connectivity index (χ0v) is 13.8. The van der Waals surface area contributed by atoms with E-state index in [9.17, 15) is 19.7 Å². The fourth-order valence-corrected chi connectivity index (χ4v) is 1.97. The summed E-state index contributed by atoms with van der Waals surface area (Å²) in [5.41, 5.74) is -0.703. The second kappa shape index (κ2) is 9.32. The number of nitro groups is 1. The lowest BCUT2D eigenvalue weighted by molar-refractivity contribution is -0.385. The van der Waals surface area contributed by atoms with Crippen LogP contribution in [0.15, 0.2) is 12.1 Å². The topological polar surface area (TPSA) is 148 Å². The maximum atomic E-state index is 11.5. The van der Waals surface area contributed by atoms with Gasteiger partial charge in [-0.3, -0.25) is 14.9 Å². The number of hydrogen-bond acceptors (Lipinski definition) is 9. The van der Waals surface area contributed by atoms with Crippen molar-refractivity contribution in [3.63, 3.8) is 0 Å². The molecule has 1 aromatic rings. The van der Waals surface area contributed by atoms with Crippen LogP contribution in [0.2, 0.25) is 0 Å². The average molecular weight is 378 g/mol. The van der Waals surface area contributed by atoms with Gasteiger partial charge in [-0.1, -0.05) is 0 Å². The van der Waals surface area contributed by atoms with Gasteiger partial charge in [0.05, 0.1) is 35.3 Å². The summed E-state index contributed by atoms with van der Waals surface area (Å²) in [5, 5.41) is 30.2. The third-order valence-electron chi connectivity index (χ3n) is 2.83. The van der Waals surface area contributed by atoms with Gasteiger partial charge in [-0.25, -0.2) is 4.79 Å². The molecule has 1 rings (SSSR count). The number of aliphatic hydroxyl groups is 2. The lowest BCUT2D eigenvalue weighted by atomic mass is 10.1. The highest BCUT2D eigenvalue weighted by atomic mass is 32.1. The summed E-state index contributed by atoms with van der Waals surface area (Å²) < 4.78 is 9.46. The van der Waals surface area contributed by atoms with Crippen molar-refractivity contribution in [3.8, 4) is 5.75 Å². The van der Waals surface area contributed by atoms with Gasteiger partial charge in [0.25, 0.3) is 5.69 Å². The molecule has 0 spiro atoms. The normalized spacial score (nSPS) is 10.4. The quantitative estimate of drug-likeness (QED) is 0.190. The first-order valence-corrected chi connectivity index (χ1v) is 7.16. The predicted molar refractivity (Wildman–Crippen MR) is 87.3 cm³/mol. The molecular weight excluding hydrogens is 364 g/mol. The first kappa shape index (κ1) is 20.0. The van der Waals surface area contributed by atoms with Gasteiger partial charge < -0.3 is 24.4 Å². The summed E-state index contributed by atoms with van der Waals surface area (Å²) in [6.45, 7) is -1.54. The van der Waals surface area contributed by atoms with Crippen molar-refractivity contribution in [3.05, 3.63) is 33.4 Å². The minimum Gasteiger partial charge on any atom is -0.444 e. The SMILES string of the molecule is O=C(NC(CO)CO)OCc1cc(OS)c(C(=O)S)cc1[N+](=O)[O-]. The van der Waals surface area contributed by atoms with Gasteiger partial charge in [-0.2, -0.15) is 0 Å². The van der Waals surface area contributed by atoms with E-state index in [4.69, 9.17) is 14.9 Å². The number of benzene rings is 1. The second-order valence-electron chi connectivity index (χ2n) is 4.41. The summed E-state index contributed by atoms with van der Waals surface area (Å²) in [7, 11) is 0. The second-order valence-corrected chi connectivity index (χ2v) is 5.00. The Morgan fingerprint density at radius 1 is 1.33 bits per heavy atom. The van der Waals surface area contributed by atoms with Crippen molar-refractivity contribution in [1.29, 1.82) is 0 Å². The molecule has 0 aliphatic heterocycles. The van der Waals surface area contributed by atoms with Gasteiger partial charge in [0.15, 0.2) is 0 Å². The fraction of sp³-hybridized carbons (Fsp3) is 0.333. The molecule has 3 N–H and O–H groups in total. The van der Waals surface area contributed by atoms with Crippen LogP contribution in [-0.2, 0) is 11.3 Å². The van der Waals surface area contributed by atoms with E-state index in [1.807, 2.05) is 0 Å². The molecule has 0 saturated heterocycles. The molecule has 12 heteroatoms. The van der Waals surface area contributed by atoms with Crippen LogP contribution in [0.5, 0.6) is 5.75 Å². The lowest BCUT2D eigenvalue weighted by Crippen LogP contribution is -2.40. The van der Waals surface area contributed by atoms with Gasteiger partial charge in [-0.15, -0.1) is 12.6 Å². The Balaban J connectivity index is 3.00. The van der Waals surface area contributed by atoms with Crippen LogP contribution in [0.1, 0.15) is 15.9 Å². The number of hydrogen-bond donors (Lipinski definition) is 5. The molecule has 132 valence electrons. The Hall–Kier alpha value is -2.02. The molecule has 0 unspecified atom stereocenters. The Bertz CT molecular complexity index is 636. The summed E-state index contributed by atoms with van der Waals surface area (Å²) >= 11 is 7.14. The standard InChI is InChI=1S/C12H14N2O8S2/c15-3-7(4-16)13-12(18)21-5-6-1-10(22-24)8(11(17)23)2-9(6)14(19)20/h1-2,7,15-16,24H,3-5H2,(H,13,18)(H,17,23). The number of nitro benzene ring substituents is 1. The largest absolute Gasteiger partial charge is 0.444 e. The molecule has 0 atom stereocenters. The number of nitrogens with one attached hydrogen (secondary N) is 1. The highest BCUT2D eigenvalue weighted by Gasteiger charge is 2.23. The number of nitrogens with zero attached hydrogens (tertiary/aromatic N) is 1. The maximum Gasteiger partial charge on any atom is 0.407 e. The smallest absolute Gasteiger partial charge is 0.407 e. The van der Waals surface area contributed by atoms with Gasteiger partial charge in [0.1, 0.15) is 12.4 Å². The van der Waals surface area contributed by atoms with E-state index >= 15 is 0 Å². The van der Waals surface area contributed by atoms with Crippen molar-refractivity contribution in [2.75, 3.05) is 13.2 Å². The predicted octanol–water partition coefficient (Wildman–Crippen LogP) is 0.468. The van der Waals surface area contributed by atoms with Gasteiger partial charge in [-0.05, 0) is 6.07 Å². The Morgan fingerprint density at radius 2 is 1.96 bits per heavy atom. The first-order valence-electron chi connectivity index (χ1n) is 6.35. The number of carbonyl (C=O) groups is 2.